The zero-order chi connectivity index (χ0) is 11.0. The van der Waals surface area contributed by atoms with Crippen LogP contribution in [0.1, 0.15) is 10.5 Å². The first-order valence-electron chi connectivity index (χ1n) is 4.84. The molecule has 0 aliphatic heterocycles. The molecule has 0 fully saturated rings. The molecule has 0 atom stereocenters. The van der Waals surface area contributed by atoms with Gasteiger partial charge >= 0.3 is 0 Å². The van der Waals surface area contributed by atoms with Crippen molar-refractivity contribution in [3.63, 3.8) is 0 Å². The minimum absolute atomic E-state index is 0.324. The Morgan fingerprint density at radius 1 is 1.06 bits per heavy atom. The second-order valence-electron chi connectivity index (χ2n) is 3.44. The third kappa shape index (κ3) is 1.32. The molecule has 0 aliphatic carbocycles. The Bertz CT molecular complexity index is 694. The van der Waals surface area contributed by atoms with Gasteiger partial charge in [-0.25, -0.2) is 15.0 Å². The number of carbonyl (C=O) groups excluding carboxylic acids is 1. The predicted molar refractivity (Wildman–Crippen MR) is 60.2 cm³/mol. The number of hydrogen-bond acceptors (Lipinski definition) is 4. The largest absolute Gasteiger partial charge is 0.296 e. The summed E-state index contributed by atoms with van der Waals surface area (Å²) < 4.78 is 0. The highest BCUT2D eigenvalue weighted by atomic mass is 16.1. The van der Waals surface area contributed by atoms with Gasteiger partial charge in [0.2, 0.25) is 0 Å². The number of aromatic nitrogens is 3. The van der Waals surface area contributed by atoms with Crippen LogP contribution in [0.15, 0.2) is 36.5 Å². The summed E-state index contributed by atoms with van der Waals surface area (Å²) in [7, 11) is 0. The fourth-order valence-corrected chi connectivity index (χ4v) is 1.62. The second kappa shape index (κ2) is 3.34. The quantitative estimate of drug-likeness (QED) is 0.454. The van der Waals surface area contributed by atoms with Crippen molar-refractivity contribution >= 4 is 28.4 Å². The van der Waals surface area contributed by atoms with E-state index in [-0.39, 0.29) is 0 Å². The Hall–Kier alpha value is -2.36. The van der Waals surface area contributed by atoms with E-state index in [0.29, 0.717) is 23.1 Å². The van der Waals surface area contributed by atoms with Crippen LogP contribution in [-0.2, 0) is 0 Å². The number of carbonyl (C=O) groups is 1. The van der Waals surface area contributed by atoms with Gasteiger partial charge in [-0.2, -0.15) is 0 Å². The first kappa shape index (κ1) is 8.91. The van der Waals surface area contributed by atoms with Crippen LogP contribution in [0, 0.1) is 0 Å². The third-order valence-corrected chi connectivity index (χ3v) is 2.37. The minimum Gasteiger partial charge on any atom is -0.296 e. The molecule has 0 saturated carbocycles. The molecule has 0 aliphatic rings. The molecule has 0 unspecified atom stereocenters. The monoisotopic (exact) mass is 209 g/mol. The number of fused-ring (bicyclic) bond motifs is 2. The average molecular weight is 209 g/mol. The molecule has 3 rings (SSSR count). The number of para-hydroxylation sites is 1. The number of hydrogen-bond donors (Lipinski definition) is 0. The van der Waals surface area contributed by atoms with E-state index in [4.69, 9.17) is 0 Å². The van der Waals surface area contributed by atoms with Crippen molar-refractivity contribution in [1.82, 2.24) is 15.0 Å². The van der Waals surface area contributed by atoms with Crippen LogP contribution in [0.5, 0.6) is 0 Å². The molecule has 16 heavy (non-hydrogen) atoms. The highest BCUT2D eigenvalue weighted by molar-refractivity contribution is 5.89. The van der Waals surface area contributed by atoms with Gasteiger partial charge in [0, 0.05) is 5.39 Å². The lowest BCUT2D eigenvalue weighted by Gasteiger charge is -1.99. The van der Waals surface area contributed by atoms with Crippen molar-refractivity contribution in [2.45, 2.75) is 0 Å². The first-order valence-corrected chi connectivity index (χ1v) is 4.84. The summed E-state index contributed by atoms with van der Waals surface area (Å²) in [5, 5.41) is 0.993. The molecule has 0 amide bonds. The van der Waals surface area contributed by atoms with Gasteiger partial charge in [0.05, 0.1) is 11.7 Å². The average Bonchev–Trinajstić information content (AvgIpc) is 2.35. The highest BCUT2D eigenvalue weighted by Gasteiger charge is 2.02. The molecule has 2 heterocycles. The molecule has 0 saturated heterocycles. The van der Waals surface area contributed by atoms with Crippen LogP contribution >= 0.6 is 0 Å². The molecular weight excluding hydrogens is 202 g/mol. The number of benzene rings is 1. The fourth-order valence-electron chi connectivity index (χ4n) is 1.62. The van der Waals surface area contributed by atoms with E-state index in [2.05, 4.69) is 15.0 Å². The van der Waals surface area contributed by atoms with E-state index in [9.17, 15) is 4.79 Å². The number of rotatable bonds is 1. The molecule has 2 aromatic heterocycles. The maximum Gasteiger partial charge on any atom is 0.178 e. The van der Waals surface area contributed by atoms with Crippen molar-refractivity contribution in [1.29, 1.82) is 0 Å². The molecule has 76 valence electrons. The Labute approximate surface area is 91.0 Å². The molecular formula is C12H7N3O. The summed E-state index contributed by atoms with van der Waals surface area (Å²) in [5.74, 6) is 0. The van der Waals surface area contributed by atoms with Gasteiger partial charge in [0.1, 0.15) is 11.2 Å². The molecule has 0 bridgehead atoms. The second-order valence-corrected chi connectivity index (χ2v) is 3.44. The van der Waals surface area contributed by atoms with Gasteiger partial charge < -0.3 is 0 Å². The maximum atomic E-state index is 10.6. The Morgan fingerprint density at radius 3 is 2.81 bits per heavy atom. The van der Waals surface area contributed by atoms with Crippen LogP contribution in [0.3, 0.4) is 0 Å². The first-order chi connectivity index (χ1) is 7.86. The van der Waals surface area contributed by atoms with Crippen LogP contribution in [-0.4, -0.2) is 21.2 Å². The van der Waals surface area contributed by atoms with Gasteiger partial charge in [-0.15, -0.1) is 0 Å². The van der Waals surface area contributed by atoms with Crippen LogP contribution in [0.4, 0.5) is 0 Å². The molecule has 4 heteroatoms. The van der Waals surface area contributed by atoms with Crippen LogP contribution < -0.4 is 0 Å². The van der Waals surface area contributed by atoms with Gasteiger partial charge in [0.15, 0.2) is 11.9 Å². The number of nitrogens with zero attached hydrogens (tertiary/aromatic N) is 3. The van der Waals surface area contributed by atoms with Gasteiger partial charge in [-0.1, -0.05) is 18.2 Å². The zero-order valence-corrected chi connectivity index (χ0v) is 8.29. The number of aldehydes is 1. The molecule has 0 N–H and O–H groups in total. The SMILES string of the molecule is O=Cc1cnc2nc3ccccc3cc2n1. The summed E-state index contributed by atoms with van der Waals surface area (Å²) in [6.45, 7) is 0. The number of pyridine rings is 1. The molecule has 0 spiro atoms. The normalized spacial score (nSPS) is 10.8. The summed E-state index contributed by atoms with van der Waals surface area (Å²) in [4.78, 5) is 23.2. The topological polar surface area (TPSA) is 55.7 Å². The van der Waals surface area contributed by atoms with E-state index in [1.807, 2.05) is 30.3 Å². The Kier molecular flexibility index (Phi) is 1.86. The van der Waals surface area contributed by atoms with E-state index in [1.54, 1.807) is 0 Å². The van der Waals surface area contributed by atoms with E-state index >= 15 is 0 Å². The Morgan fingerprint density at radius 2 is 1.94 bits per heavy atom. The summed E-state index contributed by atoms with van der Waals surface area (Å²) >= 11 is 0. The molecule has 3 aromatic rings. The zero-order valence-electron chi connectivity index (χ0n) is 8.29. The van der Waals surface area contributed by atoms with Crippen molar-refractivity contribution in [2.75, 3.05) is 0 Å². The van der Waals surface area contributed by atoms with E-state index in [1.165, 1.54) is 6.20 Å². The Balaban J connectivity index is 2.41. The highest BCUT2D eigenvalue weighted by Crippen LogP contribution is 2.16. The van der Waals surface area contributed by atoms with Crippen LogP contribution in [0.2, 0.25) is 0 Å². The smallest absolute Gasteiger partial charge is 0.178 e. The lowest BCUT2D eigenvalue weighted by atomic mass is 10.2. The molecule has 1 aromatic carbocycles. The van der Waals surface area contributed by atoms with Crippen LogP contribution in [0.25, 0.3) is 22.1 Å². The lowest BCUT2D eigenvalue weighted by Crippen LogP contribution is -1.93. The van der Waals surface area contributed by atoms with E-state index < -0.39 is 0 Å². The minimum atomic E-state index is 0.324. The van der Waals surface area contributed by atoms with Crippen molar-refractivity contribution in [2.24, 2.45) is 0 Å². The summed E-state index contributed by atoms with van der Waals surface area (Å²) in [6, 6.07) is 9.63. The third-order valence-electron chi connectivity index (χ3n) is 2.37. The summed E-state index contributed by atoms with van der Waals surface area (Å²) in [6.07, 6.45) is 2.11. The molecule has 0 radical (unpaired) electrons. The molecule has 4 nitrogen and oxygen atoms in total. The van der Waals surface area contributed by atoms with Gasteiger partial charge in [-0.3, -0.25) is 4.79 Å². The summed E-state index contributed by atoms with van der Waals surface area (Å²) in [5.41, 5.74) is 2.40. The van der Waals surface area contributed by atoms with Crippen molar-refractivity contribution in [3.8, 4) is 0 Å². The van der Waals surface area contributed by atoms with Crippen molar-refractivity contribution in [3.05, 3.63) is 42.2 Å². The van der Waals surface area contributed by atoms with Gasteiger partial charge in [0.25, 0.3) is 0 Å². The standard InChI is InChI=1S/C12H7N3O/c16-7-9-6-13-12-11(14-9)5-8-3-1-2-4-10(8)15-12/h1-7H. The fraction of sp³-hybridized carbons (Fsp3) is 0. The lowest BCUT2D eigenvalue weighted by molar-refractivity contribution is 0.111. The van der Waals surface area contributed by atoms with E-state index in [0.717, 1.165) is 10.9 Å². The predicted octanol–water partition coefficient (Wildman–Crippen LogP) is 1.99. The van der Waals surface area contributed by atoms with Gasteiger partial charge in [-0.05, 0) is 12.1 Å². The van der Waals surface area contributed by atoms with Crippen molar-refractivity contribution < 1.29 is 4.79 Å². The maximum absolute atomic E-state index is 10.6.